The summed E-state index contributed by atoms with van der Waals surface area (Å²) >= 11 is 11.9. The molecule has 7 nitrogen and oxygen atoms in total. The van der Waals surface area contributed by atoms with Gasteiger partial charge in [0.2, 0.25) is 11.7 Å². The second kappa shape index (κ2) is 9.64. The topological polar surface area (TPSA) is 108 Å². The molecule has 4 N–H and O–H groups in total. The fourth-order valence-corrected chi connectivity index (χ4v) is 4.51. The number of aromatic nitrogens is 1. The number of nitrogens with zero attached hydrogens (tertiary/aromatic N) is 2. The second-order valence-corrected chi connectivity index (χ2v) is 9.62. The van der Waals surface area contributed by atoms with E-state index >= 15 is 0 Å². The molecule has 3 heterocycles. The highest BCUT2D eigenvalue weighted by molar-refractivity contribution is 6.36. The van der Waals surface area contributed by atoms with E-state index in [0.717, 1.165) is 11.1 Å². The monoisotopic (exact) mass is 524 g/mol. The molecule has 0 saturated heterocycles. The van der Waals surface area contributed by atoms with E-state index < -0.39 is 17.2 Å². The zero-order valence-electron chi connectivity index (χ0n) is 19.1. The Hall–Kier alpha value is -2.88. The Kier molecular flexibility index (Phi) is 6.95. The minimum Gasteiger partial charge on any atom is -0.486 e. The molecule has 4 rings (SSSR count). The molecule has 2 aromatic heterocycles. The number of rotatable bonds is 6. The quantitative estimate of drug-likeness (QED) is 0.440. The average molecular weight is 525 g/mol. The standard InChI is InChI=1S/C24H24Cl2F2N4O3/c1-24(2,30)23(33)32-6-3-12(4-7-32)15-11-35-20-14(15)10-31-22(29)21(20)34-8-5-13-18(25)16(27)9-17(28)19(13)26/h3,9-11H,4-8,30H2,1-2H3,(H2,29,31). The molecular formula is C24H24Cl2F2N4O3. The van der Waals surface area contributed by atoms with Crippen molar-refractivity contribution >= 4 is 51.5 Å². The van der Waals surface area contributed by atoms with Crippen molar-refractivity contribution in [2.24, 2.45) is 5.73 Å². The molecule has 0 spiro atoms. The summed E-state index contributed by atoms with van der Waals surface area (Å²) in [6.45, 7) is 4.29. The molecule has 0 atom stereocenters. The minimum atomic E-state index is -0.937. The van der Waals surface area contributed by atoms with E-state index in [2.05, 4.69) is 4.98 Å². The Morgan fingerprint density at radius 1 is 1.29 bits per heavy atom. The van der Waals surface area contributed by atoms with Gasteiger partial charge >= 0.3 is 0 Å². The summed E-state index contributed by atoms with van der Waals surface area (Å²) in [5, 5.41) is 0.158. The Morgan fingerprint density at radius 2 is 1.97 bits per heavy atom. The van der Waals surface area contributed by atoms with Gasteiger partial charge in [-0.2, -0.15) is 0 Å². The largest absolute Gasteiger partial charge is 0.486 e. The number of carbonyl (C=O) groups is 1. The van der Waals surface area contributed by atoms with Crippen LogP contribution in [-0.2, 0) is 11.2 Å². The van der Waals surface area contributed by atoms with Crippen molar-refractivity contribution in [1.82, 2.24) is 9.88 Å². The molecule has 0 fully saturated rings. The van der Waals surface area contributed by atoms with Crippen molar-refractivity contribution < 1.29 is 22.7 Å². The van der Waals surface area contributed by atoms with Gasteiger partial charge in [-0.1, -0.05) is 29.3 Å². The first kappa shape index (κ1) is 25.2. The van der Waals surface area contributed by atoms with Gasteiger partial charge in [0.05, 0.1) is 33.8 Å². The highest BCUT2D eigenvalue weighted by atomic mass is 35.5. The van der Waals surface area contributed by atoms with Crippen molar-refractivity contribution in [3.05, 3.63) is 57.4 Å². The molecule has 186 valence electrons. The maximum Gasteiger partial charge on any atom is 0.242 e. The van der Waals surface area contributed by atoms with E-state index in [1.165, 1.54) is 0 Å². The lowest BCUT2D eigenvalue weighted by atomic mass is 9.97. The van der Waals surface area contributed by atoms with Crippen LogP contribution in [0.5, 0.6) is 5.75 Å². The Labute approximate surface area is 210 Å². The third-order valence-electron chi connectivity index (χ3n) is 5.80. The summed E-state index contributed by atoms with van der Waals surface area (Å²) in [5.74, 6) is -1.62. The number of ether oxygens (including phenoxy) is 1. The van der Waals surface area contributed by atoms with Gasteiger partial charge in [-0.05, 0) is 31.4 Å². The smallest absolute Gasteiger partial charge is 0.242 e. The Morgan fingerprint density at radius 3 is 2.57 bits per heavy atom. The molecule has 0 unspecified atom stereocenters. The number of hydrogen-bond acceptors (Lipinski definition) is 6. The zero-order chi connectivity index (χ0) is 25.5. The van der Waals surface area contributed by atoms with Gasteiger partial charge in [0.1, 0.15) is 11.6 Å². The van der Waals surface area contributed by atoms with E-state index in [4.69, 9.17) is 43.8 Å². The van der Waals surface area contributed by atoms with E-state index in [1.54, 1.807) is 31.2 Å². The van der Waals surface area contributed by atoms with Crippen LogP contribution in [0, 0.1) is 11.6 Å². The first-order chi connectivity index (χ1) is 16.5. The van der Waals surface area contributed by atoms with Gasteiger partial charge in [0, 0.05) is 37.3 Å². The molecule has 11 heteroatoms. The highest BCUT2D eigenvalue weighted by Crippen LogP contribution is 2.38. The molecule has 1 aliphatic rings. The number of benzene rings is 1. The average Bonchev–Trinajstić information content (AvgIpc) is 3.24. The fourth-order valence-electron chi connectivity index (χ4n) is 3.97. The predicted octanol–water partition coefficient (Wildman–Crippen LogP) is 4.97. The second-order valence-electron chi connectivity index (χ2n) is 8.86. The lowest BCUT2D eigenvalue weighted by Crippen LogP contribution is -2.52. The summed E-state index contributed by atoms with van der Waals surface area (Å²) in [6, 6.07) is 0.633. The van der Waals surface area contributed by atoms with Crippen LogP contribution in [0.4, 0.5) is 14.6 Å². The molecule has 0 aliphatic carbocycles. The SMILES string of the molecule is CC(C)(N)C(=O)N1CC=C(c2coc3c(OCCc4c(Cl)c(F)cc(F)c4Cl)c(N)ncc23)CC1. The van der Waals surface area contributed by atoms with Crippen LogP contribution in [0.1, 0.15) is 31.4 Å². The summed E-state index contributed by atoms with van der Waals surface area (Å²) in [7, 11) is 0. The van der Waals surface area contributed by atoms with Crippen LogP contribution in [0.2, 0.25) is 10.0 Å². The van der Waals surface area contributed by atoms with Crippen LogP contribution in [0.15, 0.2) is 29.0 Å². The van der Waals surface area contributed by atoms with Crippen LogP contribution in [-0.4, -0.2) is 41.0 Å². The number of halogens is 4. The van der Waals surface area contributed by atoms with Crippen LogP contribution in [0.25, 0.3) is 16.5 Å². The number of carbonyl (C=O) groups excluding carboxylic acids is 1. The van der Waals surface area contributed by atoms with Gasteiger partial charge < -0.3 is 25.5 Å². The summed E-state index contributed by atoms with van der Waals surface area (Å²) in [4.78, 5) is 18.4. The van der Waals surface area contributed by atoms with Gasteiger partial charge in [-0.15, -0.1) is 0 Å². The fraction of sp³-hybridized carbons (Fsp3) is 0.333. The van der Waals surface area contributed by atoms with Crippen molar-refractivity contribution in [3.8, 4) is 5.75 Å². The van der Waals surface area contributed by atoms with Gasteiger partial charge in [-0.3, -0.25) is 4.79 Å². The van der Waals surface area contributed by atoms with E-state index in [1.807, 2.05) is 6.08 Å². The number of amides is 1. The third-order valence-corrected chi connectivity index (χ3v) is 6.61. The molecule has 1 aromatic carbocycles. The number of anilines is 1. The first-order valence-electron chi connectivity index (χ1n) is 10.9. The lowest BCUT2D eigenvalue weighted by molar-refractivity contribution is -0.135. The maximum atomic E-state index is 13.8. The van der Waals surface area contributed by atoms with Gasteiger partial charge in [0.15, 0.2) is 11.4 Å². The number of pyridine rings is 1. The molecule has 0 bridgehead atoms. The maximum absolute atomic E-state index is 13.8. The summed E-state index contributed by atoms with van der Waals surface area (Å²) < 4.78 is 39.2. The third kappa shape index (κ3) is 4.94. The normalized spacial score (nSPS) is 14.4. The van der Waals surface area contributed by atoms with Crippen LogP contribution in [0.3, 0.4) is 0 Å². The predicted molar refractivity (Wildman–Crippen MR) is 131 cm³/mol. The van der Waals surface area contributed by atoms with E-state index in [0.29, 0.717) is 36.5 Å². The number of hydrogen-bond donors (Lipinski definition) is 2. The van der Waals surface area contributed by atoms with Crippen molar-refractivity contribution in [2.45, 2.75) is 32.2 Å². The minimum absolute atomic E-state index is 0.0298. The highest BCUT2D eigenvalue weighted by Gasteiger charge is 2.29. The van der Waals surface area contributed by atoms with Crippen LogP contribution < -0.4 is 16.2 Å². The molecule has 35 heavy (non-hydrogen) atoms. The van der Waals surface area contributed by atoms with Crippen molar-refractivity contribution in [2.75, 3.05) is 25.4 Å². The first-order valence-corrected chi connectivity index (χ1v) is 11.6. The molecule has 1 amide bonds. The Bertz CT molecular complexity index is 1310. The Balaban J connectivity index is 1.55. The molecule has 0 radical (unpaired) electrons. The molecule has 0 saturated carbocycles. The molecular weight excluding hydrogens is 501 g/mol. The van der Waals surface area contributed by atoms with Gasteiger partial charge in [0.25, 0.3) is 0 Å². The van der Waals surface area contributed by atoms with Crippen molar-refractivity contribution in [3.63, 3.8) is 0 Å². The number of fused-ring (bicyclic) bond motifs is 1. The molecule has 3 aromatic rings. The summed E-state index contributed by atoms with van der Waals surface area (Å²) in [6.07, 6.45) is 5.77. The van der Waals surface area contributed by atoms with E-state index in [9.17, 15) is 13.6 Å². The number of nitrogen functional groups attached to an aromatic ring is 1. The lowest BCUT2D eigenvalue weighted by Gasteiger charge is -2.31. The van der Waals surface area contributed by atoms with Gasteiger partial charge in [-0.25, -0.2) is 13.8 Å². The number of furan rings is 1. The molecule has 1 aliphatic heterocycles. The van der Waals surface area contributed by atoms with Crippen LogP contribution >= 0.6 is 23.2 Å². The zero-order valence-corrected chi connectivity index (χ0v) is 20.6. The summed E-state index contributed by atoms with van der Waals surface area (Å²) in [5.41, 5.74) is 13.3. The van der Waals surface area contributed by atoms with Crippen molar-refractivity contribution in [1.29, 1.82) is 0 Å². The van der Waals surface area contributed by atoms with E-state index in [-0.39, 0.29) is 46.1 Å². The number of nitrogens with two attached hydrogens (primary N) is 2.